The highest BCUT2D eigenvalue weighted by molar-refractivity contribution is 5.11. The minimum absolute atomic E-state index is 0.0612. The molecule has 0 saturated carbocycles. The molecule has 0 spiro atoms. The Morgan fingerprint density at radius 3 is 3.00 bits per heavy atom. The van der Waals surface area contributed by atoms with E-state index in [4.69, 9.17) is 10.3 Å². The van der Waals surface area contributed by atoms with Crippen LogP contribution in [0.4, 0.5) is 0 Å². The van der Waals surface area contributed by atoms with E-state index in [2.05, 4.69) is 16.9 Å². The van der Waals surface area contributed by atoms with Gasteiger partial charge in [-0.3, -0.25) is 4.79 Å². The monoisotopic (exact) mass is 262 g/mol. The van der Waals surface area contributed by atoms with Crippen LogP contribution in [0.5, 0.6) is 0 Å². The summed E-state index contributed by atoms with van der Waals surface area (Å²) in [5, 5.41) is 3.46. The maximum absolute atomic E-state index is 12.3. The largest absolute Gasteiger partial charge is 0.381 e. The Balaban J connectivity index is 2.23. The van der Waals surface area contributed by atoms with E-state index >= 15 is 0 Å². The number of nitrogens with zero attached hydrogens (tertiary/aromatic N) is 4. The average Bonchev–Trinajstić information content (AvgIpc) is 2.46. The lowest BCUT2D eigenvalue weighted by atomic mass is 9.92. The van der Waals surface area contributed by atoms with Gasteiger partial charge in [-0.1, -0.05) is 11.2 Å². The Labute approximate surface area is 111 Å². The molecule has 2 heterocycles. The van der Waals surface area contributed by atoms with E-state index in [1.807, 2.05) is 12.3 Å². The molecule has 6 nitrogen and oxygen atoms in total. The Hall–Kier alpha value is -1.78. The molecular weight excluding hydrogens is 244 g/mol. The maximum atomic E-state index is 12.3. The fourth-order valence-electron chi connectivity index (χ4n) is 2.53. The second-order valence-electron chi connectivity index (χ2n) is 4.83. The summed E-state index contributed by atoms with van der Waals surface area (Å²) in [6, 6.07) is 3.69. The summed E-state index contributed by atoms with van der Waals surface area (Å²) in [7, 11) is 0. The molecule has 0 amide bonds. The minimum Gasteiger partial charge on any atom is -0.381 e. The van der Waals surface area contributed by atoms with Crippen LogP contribution in [0.15, 0.2) is 28.2 Å². The quantitative estimate of drug-likeness (QED) is 0.475. The van der Waals surface area contributed by atoms with Crippen LogP contribution in [0.1, 0.15) is 31.4 Å². The molecule has 102 valence electrons. The summed E-state index contributed by atoms with van der Waals surface area (Å²) in [5.74, 6) is 0.459. The maximum Gasteiger partial charge on any atom is 0.254 e. The van der Waals surface area contributed by atoms with Gasteiger partial charge in [-0.05, 0) is 37.3 Å². The Bertz CT molecular complexity index is 528. The zero-order valence-corrected chi connectivity index (χ0v) is 11.0. The van der Waals surface area contributed by atoms with Crippen LogP contribution >= 0.6 is 0 Å². The Morgan fingerprint density at radius 1 is 1.58 bits per heavy atom. The number of aromatic nitrogens is 1. The number of hydrogen-bond donors (Lipinski definition) is 0. The van der Waals surface area contributed by atoms with Crippen LogP contribution in [-0.4, -0.2) is 17.8 Å². The van der Waals surface area contributed by atoms with Crippen molar-refractivity contribution in [2.45, 2.75) is 32.4 Å². The predicted octanol–water partition coefficient (Wildman–Crippen LogP) is 2.65. The number of pyridine rings is 1. The third-order valence-electron chi connectivity index (χ3n) is 3.74. The summed E-state index contributed by atoms with van der Waals surface area (Å²) in [6.45, 7) is 3.70. The van der Waals surface area contributed by atoms with Crippen LogP contribution in [0.2, 0.25) is 0 Å². The highest BCUT2D eigenvalue weighted by atomic mass is 16.5. The number of ether oxygens (including phenoxy) is 1. The van der Waals surface area contributed by atoms with E-state index in [0.717, 1.165) is 26.1 Å². The van der Waals surface area contributed by atoms with Crippen LogP contribution < -0.4 is 5.56 Å². The van der Waals surface area contributed by atoms with Crippen molar-refractivity contribution in [1.82, 2.24) is 4.57 Å². The molecule has 1 atom stereocenters. The van der Waals surface area contributed by atoms with Gasteiger partial charge < -0.3 is 9.30 Å². The van der Waals surface area contributed by atoms with Gasteiger partial charge in [0.2, 0.25) is 0 Å². The first-order valence-corrected chi connectivity index (χ1v) is 6.52. The number of hydrogen-bond acceptors (Lipinski definition) is 3. The average molecular weight is 262 g/mol. The van der Waals surface area contributed by atoms with Gasteiger partial charge in [-0.2, -0.15) is 0 Å². The lowest BCUT2D eigenvalue weighted by Crippen LogP contribution is -2.32. The molecule has 1 aromatic rings. The molecule has 0 bridgehead atoms. The van der Waals surface area contributed by atoms with Gasteiger partial charge in [0.15, 0.2) is 0 Å². The standard InChI is InChI=1S/C13H18N4O2/c1-10(11-4-7-19-8-5-11)17-6-2-3-12(13(17)18)9-15-16-14/h2-3,6,10-11H,4-5,7-9H2,1H3/t10-/m1/s1. The molecule has 2 rings (SSSR count). The summed E-state index contributed by atoms with van der Waals surface area (Å²) < 4.78 is 7.10. The van der Waals surface area contributed by atoms with E-state index in [9.17, 15) is 4.79 Å². The summed E-state index contributed by atoms with van der Waals surface area (Å²) in [4.78, 5) is 15.0. The first-order chi connectivity index (χ1) is 9.24. The molecule has 1 saturated heterocycles. The van der Waals surface area contributed by atoms with Crippen LogP contribution in [-0.2, 0) is 11.3 Å². The highest BCUT2D eigenvalue weighted by Gasteiger charge is 2.22. The van der Waals surface area contributed by atoms with Crippen LogP contribution in [0, 0.1) is 5.92 Å². The third-order valence-corrected chi connectivity index (χ3v) is 3.74. The first kappa shape index (κ1) is 13.6. The molecule has 6 heteroatoms. The molecular formula is C13H18N4O2. The summed E-state index contributed by atoms with van der Waals surface area (Å²) in [6.07, 6.45) is 3.77. The van der Waals surface area contributed by atoms with Gasteiger partial charge in [0, 0.05) is 35.9 Å². The minimum atomic E-state index is -0.0612. The van der Waals surface area contributed by atoms with E-state index in [1.165, 1.54) is 0 Å². The van der Waals surface area contributed by atoms with Crippen molar-refractivity contribution < 1.29 is 4.74 Å². The third kappa shape index (κ3) is 3.16. The summed E-state index contributed by atoms with van der Waals surface area (Å²) >= 11 is 0. The smallest absolute Gasteiger partial charge is 0.254 e. The highest BCUT2D eigenvalue weighted by Crippen LogP contribution is 2.26. The lowest BCUT2D eigenvalue weighted by Gasteiger charge is -2.29. The van der Waals surface area contributed by atoms with Gasteiger partial charge >= 0.3 is 0 Å². The van der Waals surface area contributed by atoms with Crippen molar-refractivity contribution in [1.29, 1.82) is 0 Å². The van der Waals surface area contributed by atoms with Crippen molar-refractivity contribution >= 4 is 0 Å². The Kier molecular flexibility index (Phi) is 4.60. The molecule has 0 aromatic carbocycles. The molecule has 0 N–H and O–H groups in total. The molecule has 0 radical (unpaired) electrons. The molecule has 19 heavy (non-hydrogen) atoms. The molecule has 1 aliphatic heterocycles. The number of rotatable bonds is 4. The fourth-order valence-corrected chi connectivity index (χ4v) is 2.53. The van der Waals surface area contributed by atoms with E-state index < -0.39 is 0 Å². The first-order valence-electron chi connectivity index (χ1n) is 6.52. The summed E-state index contributed by atoms with van der Waals surface area (Å²) in [5.41, 5.74) is 8.82. The predicted molar refractivity (Wildman–Crippen MR) is 71.8 cm³/mol. The van der Waals surface area contributed by atoms with Crippen molar-refractivity contribution in [3.63, 3.8) is 0 Å². The van der Waals surface area contributed by atoms with Crippen molar-refractivity contribution in [2.24, 2.45) is 11.0 Å². The SMILES string of the molecule is C[C@H](C1CCOCC1)n1cccc(CN=[N+]=[N-])c1=O. The van der Waals surface area contributed by atoms with E-state index in [0.29, 0.717) is 11.5 Å². The van der Waals surface area contributed by atoms with Gasteiger partial charge in [-0.25, -0.2) is 0 Å². The Morgan fingerprint density at radius 2 is 2.32 bits per heavy atom. The van der Waals surface area contributed by atoms with Crippen LogP contribution in [0.3, 0.4) is 0 Å². The fraction of sp³-hybridized carbons (Fsp3) is 0.615. The number of azide groups is 1. The molecule has 1 aromatic heterocycles. The lowest BCUT2D eigenvalue weighted by molar-refractivity contribution is 0.0508. The van der Waals surface area contributed by atoms with Gasteiger partial charge in [0.1, 0.15) is 0 Å². The second kappa shape index (κ2) is 6.41. The molecule has 1 aliphatic rings. The van der Waals surface area contributed by atoms with Gasteiger partial charge in [0.05, 0.1) is 6.54 Å². The molecule has 1 fully saturated rings. The zero-order chi connectivity index (χ0) is 13.7. The normalized spacial score (nSPS) is 17.7. The molecule has 0 unspecified atom stereocenters. The van der Waals surface area contributed by atoms with Gasteiger partial charge in [0.25, 0.3) is 5.56 Å². The van der Waals surface area contributed by atoms with Crippen molar-refractivity contribution in [2.75, 3.05) is 13.2 Å². The van der Waals surface area contributed by atoms with Crippen molar-refractivity contribution in [3.8, 4) is 0 Å². The van der Waals surface area contributed by atoms with Crippen molar-refractivity contribution in [3.05, 3.63) is 44.7 Å². The second-order valence-corrected chi connectivity index (χ2v) is 4.83. The zero-order valence-electron chi connectivity index (χ0n) is 11.0. The topological polar surface area (TPSA) is 80.0 Å². The van der Waals surface area contributed by atoms with E-state index in [-0.39, 0.29) is 18.1 Å². The van der Waals surface area contributed by atoms with Gasteiger partial charge in [-0.15, -0.1) is 0 Å². The molecule has 0 aliphatic carbocycles. The van der Waals surface area contributed by atoms with E-state index in [1.54, 1.807) is 10.6 Å². The van der Waals surface area contributed by atoms with Crippen LogP contribution in [0.25, 0.3) is 10.4 Å².